The fourth-order valence-corrected chi connectivity index (χ4v) is 8.93. The summed E-state index contributed by atoms with van der Waals surface area (Å²) in [6, 6.07) is 25.8. The summed E-state index contributed by atoms with van der Waals surface area (Å²) in [5, 5.41) is 21.6. The zero-order chi connectivity index (χ0) is 33.4. The Morgan fingerprint density at radius 3 is 2.42 bits per heavy atom. The van der Waals surface area contributed by atoms with E-state index in [2.05, 4.69) is 64.2 Å². The first-order chi connectivity index (χ1) is 23.3. The minimum atomic E-state index is -1.01. The lowest BCUT2D eigenvalue weighted by atomic mass is 9.58. The number of phenols is 1. The van der Waals surface area contributed by atoms with Gasteiger partial charge in [-0.1, -0.05) is 82.2 Å². The number of imide groups is 1. The fraction of sp³-hybridized carbons (Fsp3) is 0.385. The predicted octanol–water partition coefficient (Wildman–Crippen LogP) is 6.96. The molecule has 3 saturated heterocycles. The highest BCUT2D eigenvalue weighted by atomic mass is 79.9. The highest BCUT2D eigenvalue weighted by Crippen LogP contribution is 2.51. The molecule has 1 aliphatic carbocycles. The number of fused-ring (bicyclic) bond motifs is 3. The molecule has 2 amide bonds. The molecule has 48 heavy (non-hydrogen) atoms. The SMILES string of the molecule is CC1=C2[C@@H](CC/C(=C/c3cc(Br)ccc3O)c3ccccc3)OB(O)C[C@@H]2[C@@H]2C(=O)N(C3CCN(Cc4ccccc4)CC3)C(=O)[C@@H]2C1. The molecule has 7 nitrogen and oxygen atoms in total. The Labute approximate surface area is 291 Å². The summed E-state index contributed by atoms with van der Waals surface area (Å²) in [6.07, 6.45) is 5.29. The molecule has 3 heterocycles. The number of hydrogen-bond donors (Lipinski definition) is 2. The zero-order valence-corrected chi connectivity index (χ0v) is 28.9. The monoisotopic (exact) mass is 708 g/mol. The Morgan fingerprint density at radius 1 is 0.979 bits per heavy atom. The number of piperidine rings is 1. The van der Waals surface area contributed by atoms with Crippen LogP contribution in [0.3, 0.4) is 0 Å². The van der Waals surface area contributed by atoms with E-state index < -0.39 is 13.0 Å². The molecule has 2 N–H and O–H groups in total. The van der Waals surface area contributed by atoms with Crippen LogP contribution >= 0.6 is 15.9 Å². The number of halogens is 1. The van der Waals surface area contributed by atoms with Gasteiger partial charge in [0.15, 0.2) is 0 Å². The first kappa shape index (κ1) is 33.0. The Hall–Kier alpha value is -3.50. The molecular formula is C39H42BBrN2O5. The molecular weight excluding hydrogens is 667 g/mol. The highest BCUT2D eigenvalue weighted by molar-refractivity contribution is 9.10. The van der Waals surface area contributed by atoms with Gasteiger partial charge in [0, 0.05) is 35.7 Å². The normalized spacial score (nSPS) is 25.4. The summed E-state index contributed by atoms with van der Waals surface area (Å²) < 4.78 is 7.09. The van der Waals surface area contributed by atoms with Crippen molar-refractivity contribution in [2.75, 3.05) is 13.1 Å². The van der Waals surface area contributed by atoms with E-state index in [9.17, 15) is 19.7 Å². The molecule has 4 atom stereocenters. The van der Waals surface area contributed by atoms with Crippen molar-refractivity contribution in [3.05, 3.63) is 111 Å². The van der Waals surface area contributed by atoms with Gasteiger partial charge in [-0.15, -0.1) is 0 Å². The maximum Gasteiger partial charge on any atom is 0.455 e. The summed E-state index contributed by atoms with van der Waals surface area (Å²) in [5.74, 6) is -0.963. The molecule has 3 fully saturated rings. The summed E-state index contributed by atoms with van der Waals surface area (Å²) in [7, 11) is -1.01. The van der Waals surface area contributed by atoms with Crippen LogP contribution in [0.1, 0.15) is 55.7 Å². The van der Waals surface area contributed by atoms with Crippen molar-refractivity contribution in [2.45, 2.75) is 64.0 Å². The van der Waals surface area contributed by atoms with Gasteiger partial charge in [-0.3, -0.25) is 19.4 Å². The number of carbonyl (C=O) groups is 2. The summed E-state index contributed by atoms with van der Waals surface area (Å²) in [6.45, 7) is 4.64. The summed E-state index contributed by atoms with van der Waals surface area (Å²) in [5.41, 5.74) is 6.25. The molecule has 0 unspecified atom stereocenters. The fourth-order valence-electron chi connectivity index (χ4n) is 8.55. The quantitative estimate of drug-likeness (QED) is 0.114. The van der Waals surface area contributed by atoms with Crippen molar-refractivity contribution >= 4 is 46.5 Å². The van der Waals surface area contributed by atoms with E-state index in [1.165, 1.54) is 5.56 Å². The average Bonchev–Trinajstić information content (AvgIpc) is 3.34. The third kappa shape index (κ3) is 6.70. The molecule has 9 heteroatoms. The smallest absolute Gasteiger partial charge is 0.455 e. The number of nitrogens with zero attached hydrogens (tertiary/aromatic N) is 2. The molecule has 7 rings (SSSR count). The van der Waals surface area contributed by atoms with Crippen LogP contribution in [0.2, 0.25) is 6.32 Å². The minimum absolute atomic E-state index is 0.0365. The van der Waals surface area contributed by atoms with Crippen LogP contribution in [-0.2, 0) is 20.8 Å². The van der Waals surface area contributed by atoms with Gasteiger partial charge >= 0.3 is 7.12 Å². The summed E-state index contributed by atoms with van der Waals surface area (Å²) >= 11 is 3.52. The van der Waals surface area contributed by atoms with Gasteiger partial charge < -0.3 is 14.8 Å². The van der Waals surface area contributed by atoms with E-state index in [0.29, 0.717) is 31.1 Å². The zero-order valence-electron chi connectivity index (χ0n) is 27.3. The largest absolute Gasteiger partial charge is 0.507 e. The van der Waals surface area contributed by atoms with Crippen molar-refractivity contribution in [3.8, 4) is 5.75 Å². The predicted molar refractivity (Wildman–Crippen MR) is 191 cm³/mol. The molecule has 3 aromatic rings. The van der Waals surface area contributed by atoms with Crippen molar-refractivity contribution in [1.29, 1.82) is 0 Å². The van der Waals surface area contributed by atoms with Crippen LogP contribution in [0.5, 0.6) is 5.75 Å². The number of rotatable bonds is 8. The lowest BCUT2D eigenvalue weighted by Gasteiger charge is -2.42. The molecule has 0 bridgehead atoms. The number of phenolic OH excluding ortho intramolecular Hbond substituents is 1. The van der Waals surface area contributed by atoms with Crippen molar-refractivity contribution < 1.29 is 24.4 Å². The van der Waals surface area contributed by atoms with Gasteiger partial charge in [-0.25, -0.2) is 0 Å². The number of carbonyl (C=O) groups excluding carboxylic acids is 2. The first-order valence-electron chi connectivity index (χ1n) is 17.2. The van der Waals surface area contributed by atoms with Crippen LogP contribution < -0.4 is 0 Å². The van der Waals surface area contributed by atoms with E-state index in [-0.39, 0.29) is 41.5 Å². The molecule has 0 saturated carbocycles. The number of benzene rings is 3. The van der Waals surface area contributed by atoms with E-state index in [1.807, 2.05) is 42.5 Å². The number of allylic oxidation sites excluding steroid dienone is 2. The number of hydrogen-bond acceptors (Lipinski definition) is 6. The Balaban J connectivity index is 1.08. The molecule has 3 aromatic carbocycles. The van der Waals surface area contributed by atoms with Crippen LogP contribution in [0.25, 0.3) is 11.6 Å². The van der Waals surface area contributed by atoms with E-state index >= 15 is 0 Å². The standard InChI is InChI=1S/C39H42BBrN2O5/c1-25-20-32-37(39(46)43(38(32)45)31-16-18-42(19-17-31)24-26-8-4-2-5-9-26)33-23-40(47)48-35(36(25)33)15-12-28(27-10-6-3-7-11-27)21-29-22-30(41)13-14-34(29)44/h2-11,13-14,21-22,31-33,35,37,44,47H,12,15-20,23-24H2,1H3/b28-21-/t32-,33+,35-,37-/m1/s1. The Morgan fingerprint density at radius 2 is 1.69 bits per heavy atom. The average molecular weight is 709 g/mol. The first-order valence-corrected chi connectivity index (χ1v) is 18.0. The van der Waals surface area contributed by atoms with Crippen LogP contribution in [-0.4, -0.2) is 64.1 Å². The van der Waals surface area contributed by atoms with E-state index in [0.717, 1.165) is 59.2 Å². The Bertz CT molecular complexity index is 1720. The van der Waals surface area contributed by atoms with Gasteiger partial charge in [0.25, 0.3) is 0 Å². The van der Waals surface area contributed by atoms with Crippen molar-refractivity contribution in [2.24, 2.45) is 17.8 Å². The maximum absolute atomic E-state index is 14.2. The van der Waals surface area contributed by atoms with Gasteiger partial charge in [0.05, 0.1) is 17.9 Å². The number of amides is 2. The highest BCUT2D eigenvalue weighted by Gasteiger charge is 2.58. The van der Waals surface area contributed by atoms with Gasteiger partial charge in [0.2, 0.25) is 11.8 Å². The van der Waals surface area contributed by atoms with Crippen LogP contribution in [0.15, 0.2) is 94.5 Å². The molecule has 0 spiro atoms. The lowest BCUT2D eigenvalue weighted by molar-refractivity contribution is -0.144. The molecule has 248 valence electrons. The van der Waals surface area contributed by atoms with E-state index in [1.54, 1.807) is 11.0 Å². The topological polar surface area (TPSA) is 90.3 Å². The van der Waals surface area contributed by atoms with Gasteiger partial charge in [-0.05, 0) is 97.8 Å². The van der Waals surface area contributed by atoms with Crippen molar-refractivity contribution in [1.82, 2.24) is 9.80 Å². The summed E-state index contributed by atoms with van der Waals surface area (Å²) in [4.78, 5) is 32.2. The van der Waals surface area contributed by atoms with Gasteiger partial charge in [-0.2, -0.15) is 0 Å². The second-order valence-electron chi connectivity index (χ2n) is 13.8. The second-order valence-corrected chi connectivity index (χ2v) is 14.7. The maximum atomic E-state index is 14.2. The molecule has 3 aliphatic heterocycles. The third-order valence-corrected chi connectivity index (χ3v) is 11.3. The number of likely N-dealkylation sites (tertiary alicyclic amines) is 2. The molecule has 0 radical (unpaired) electrons. The lowest BCUT2D eigenvalue weighted by Crippen LogP contribution is -2.48. The molecule has 0 aromatic heterocycles. The van der Waals surface area contributed by atoms with Crippen LogP contribution in [0, 0.1) is 17.8 Å². The van der Waals surface area contributed by atoms with Gasteiger partial charge in [0.1, 0.15) is 5.75 Å². The minimum Gasteiger partial charge on any atom is -0.507 e. The third-order valence-electron chi connectivity index (χ3n) is 10.8. The molecule has 4 aliphatic rings. The number of aromatic hydroxyl groups is 1. The van der Waals surface area contributed by atoms with Crippen LogP contribution in [0.4, 0.5) is 0 Å². The Kier molecular flexibility index (Phi) is 9.74. The van der Waals surface area contributed by atoms with E-state index in [4.69, 9.17) is 4.65 Å². The second kappa shape index (κ2) is 14.2. The van der Waals surface area contributed by atoms with Crippen molar-refractivity contribution in [3.63, 3.8) is 0 Å².